The Morgan fingerprint density at radius 3 is 1.81 bits per heavy atom. The molecule has 0 radical (unpaired) electrons. The van der Waals surface area contributed by atoms with Crippen LogP contribution in [0.15, 0.2) is 22.7 Å². The molecule has 1 unspecified atom stereocenters. The van der Waals surface area contributed by atoms with Crippen molar-refractivity contribution in [3.8, 4) is 0 Å². The minimum absolute atomic E-state index is 0.277. The van der Waals surface area contributed by atoms with Gasteiger partial charge in [-0.25, -0.2) is 4.39 Å². The Hall–Kier alpha value is -0.860. The fourth-order valence-corrected chi connectivity index (χ4v) is 3.73. The predicted molar refractivity (Wildman–Crippen MR) is 91.9 cm³/mol. The topological polar surface area (TPSA) is 0 Å². The fraction of sp³-hybridized carbons (Fsp3) is 0.333. The lowest BCUT2D eigenvalue weighted by Gasteiger charge is -2.22. The van der Waals surface area contributed by atoms with Crippen LogP contribution in [-0.2, 0) is 0 Å². The molecule has 0 saturated carbocycles. The highest BCUT2D eigenvalue weighted by Crippen LogP contribution is 2.38. The van der Waals surface area contributed by atoms with Gasteiger partial charge in [0.05, 0.1) is 5.38 Å². The van der Waals surface area contributed by atoms with Crippen molar-refractivity contribution in [3.05, 3.63) is 67.4 Å². The van der Waals surface area contributed by atoms with Crippen molar-refractivity contribution in [2.45, 2.75) is 40.0 Å². The van der Waals surface area contributed by atoms with Crippen LogP contribution in [0.1, 0.15) is 44.3 Å². The molecule has 0 nitrogen and oxygen atoms in total. The highest BCUT2D eigenvalue weighted by molar-refractivity contribution is 9.10. The first kappa shape index (κ1) is 16.5. The van der Waals surface area contributed by atoms with Crippen LogP contribution in [-0.4, -0.2) is 0 Å². The Bertz CT molecular complexity index is 658. The van der Waals surface area contributed by atoms with Gasteiger partial charge in [0.2, 0.25) is 0 Å². The second kappa shape index (κ2) is 6.10. The number of alkyl halides is 1. The molecule has 0 saturated heterocycles. The molecule has 0 aromatic heterocycles. The van der Waals surface area contributed by atoms with Crippen LogP contribution in [0.25, 0.3) is 0 Å². The van der Waals surface area contributed by atoms with Crippen LogP contribution in [0.2, 0.25) is 0 Å². The smallest absolute Gasteiger partial charge is 0.124 e. The van der Waals surface area contributed by atoms with Crippen molar-refractivity contribution in [1.29, 1.82) is 0 Å². The first-order valence-corrected chi connectivity index (χ1v) is 8.14. The SMILES string of the molecule is Cc1c(C)c(C)c(C(Cl)c2cc(F)cc(Br)c2)c(C)c1C. The minimum Gasteiger partial charge on any atom is -0.207 e. The maximum Gasteiger partial charge on any atom is 0.124 e. The summed E-state index contributed by atoms with van der Waals surface area (Å²) in [5.74, 6) is -0.277. The van der Waals surface area contributed by atoms with E-state index in [1.54, 1.807) is 0 Å². The summed E-state index contributed by atoms with van der Waals surface area (Å²) in [6, 6.07) is 4.83. The van der Waals surface area contributed by atoms with Gasteiger partial charge >= 0.3 is 0 Å². The fourth-order valence-electron chi connectivity index (χ4n) is 2.80. The molecule has 0 bridgehead atoms. The zero-order valence-corrected chi connectivity index (χ0v) is 15.3. The standard InChI is InChI=1S/C18H19BrClF/c1-9-10(2)12(4)17(13(5)11(9)3)18(20)14-6-15(19)8-16(21)7-14/h6-8,18H,1-5H3. The van der Waals surface area contributed by atoms with E-state index in [1.807, 2.05) is 6.07 Å². The average molecular weight is 370 g/mol. The van der Waals surface area contributed by atoms with Crippen LogP contribution >= 0.6 is 27.5 Å². The van der Waals surface area contributed by atoms with Gasteiger partial charge in [-0.15, -0.1) is 11.6 Å². The van der Waals surface area contributed by atoms with E-state index in [0.717, 1.165) is 11.1 Å². The van der Waals surface area contributed by atoms with Crippen LogP contribution in [0.3, 0.4) is 0 Å². The maximum absolute atomic E-state index is 13.6. The van der Waals surface area contributed by atoms with Gasteiger partial charge in [-0.3, -0.25) is 0 Å². The summed E-state index contributed by atoms with van der Waals surface area (Å²) in [7, 11) is 0. The van der Waals surface area contributed by atoms with E-state index in [4.69, 9.17) is 11.6 Å². The van der Waals surface area contributed by atoms with E-state index in [9.17, 15) is 4.39 Å². The van der Waals surface area contributed by atoms with Crippen molar-refractivity contribution < 1.29 is 4.39 Å². The third kappa shape index (κ3) is 3.02. The quantitative estimate of drug-likeness (QED) is 0.533. The summed E-state index contributed by atoms with van der Waals surface area (Å²) in [6.45, 7) is 10.6. The molecule has 2 aromatic rings. The summed E-state index contributed by atoms with van der Waals surface area (Å²) < 4.78 is 14.3. The third-order valence-corrected chi connectivity index (χ3v) is 5.42. The van der Waals surface area contributed by atoms with Crippen molar-refractivity contribution >= 4 is 27.5 Å². The second-order valence-electron chi connectivity index (χ2n) is 5.60. The van der Waals surface area contributed by atoms with Gasteiger partial charge in [0.15, 0.2) is 0 Å². The van der Waals surface area contributed by atoms with Crippen molar-refractivity contribution in [1.82, 2.24) is 0 Å². The lowest BCUT2D eigenvalue weighted by Crippen LogP contribution is -2.06. The van der Waals surface area contributed by atoms with Gasteiger partial charge in [0, 0.05) is 4.47 Å². The van der Waals surface area contributed by atoms with E-state index < -0.39 is 0 Å². The second-order valence-corrected chi connectivity index (χ2v) is 6.96. The Morgan fingerprint density at radius 1 is 0.857 bits per heavy atom. The van der Waals surface area contributed by atoms with Crippen molar-refractivity contribution in [2.24, 2.45) is 0 Å². The minimum atomic E-state index is -0.352. The van der Waals surface area contributed by atoms with E-state index in [1.165, 1.54) is 39.9 Å². The first-order valence-electron chi connectivity index (χ1n) is 6.91. The Balaban J connectivity index is 2.66. The predicted octanol–water partition coefficient (Wildman–Crippen LogP) is 6.46. The van der Waals surface area contributed by atoms with E-state index in [0.29, 0.717) is 4.47 Å². The number of halogens is 3. The monoisotopic (exact) mass is 368 g/mol. The summed E-state index contributed by atoms with van der Waals surface area (Å²) in [5, 5.41) is -0.352. The molecule has 0 aliphatic carbocycles. The number of hydrogen-bond donors (Lipinski definition) is 0. The molecule has 112 valence electrons. The summed E-state index contributed by atoms with van der Waals surface area (Å²) in [4.78, 5) is 0. The van der Waals surface area contributed by atoms with Crippen LogP contribution in [0.4, 0.5) is 4.39 Å². The molecule has 21 heavy (non-hydrogen) atoms. The largest absolute Gasteiger partial charge is 0.207 e. The average Bonchev–Trinajstić information content (AvgIpc) is 2.42. The molecule has 0 heterocycles. The van der Waals surface area contributed by atoms with Gasteiger partial charge in [0.1, 0.15) is 5.82 Å². The number of benzene rings is 2. The zero-order valence-electron chi connectivity index (χ0n) is 12.9. The molecule has 1 atom stereocenters. The zero-order chi connectivity index (χ0) is 15.9. The molecular weight excluding hydrogens is 351 g/mol. The summed E-state index contributed by atoms with van der Waals surface area (Å²) >= 11 is 10.0. The summed E-state index contributed by atoms with van der Waals surface area (Å²) in [6.07, 6.45) is 0. The normalized spacial score (nSPS) is 12.6. The molecule has 0 spiro atoms. The maximum atomic E-state index is 13.6. The van der Waals surface area contributed by atoms with Gasteiger partial charge in [-0.2, -0.15) is 0 Å². The molecule has 0 amide bonds. The van der Waals surface area contributed by atoms with E-state index in [2.05, 4.69) is 50.5 Å². The highest BCUT2D eigenvalue weighted by Gasteiger charge is 2.20. The van der Waals surface area contributed by atoms with Crippen LogP contribution in [0, 0.1) is 40.4 Å². The number of hydrogen-bond acceptors (Lipinski definition) is 0. The van der Waals surface area contributed by atoms with Crippen molar-refractivity contribution in [2.75, 3.05) is 0 Å². The first-order chi connectivity index (χ1) is 9.73. The Morgan fingerprint density at radius 2 is 1.33 bits per heavy atom. The van der Waals surface area contributed by atoms with Crippen LogP contribution in [0.5, 0.6) is 0 Å². The molecule has 0 fully saturated rings. The lowest BCUT2D eigenvalue weighted by atomic mass is 9.86. The molecule has 3 heteroatoms. The van der Waals surface area contributed by atoms with Gasteiger partial charge in [-0.05, 0) is 91.8 Å². The molecule has 0 aliphatic heterocycles. The van der Waals surface area contributed by atoms with E-state index in [-0.39, 0.29) is 11.2 Å². The van der Waals surface area contributed by atoms with Crippen LogP contribution < -0.4 is 0 Å². The molecular formula is C18H19BrClF. The van der Waals surface area contributed by atoms with Gasteiger partial charge in [0.25, 0.3) is 0 Å². The molecule has 2 aromatic carbocycles. The summed E-state index contributed by atoms with van der Waals surface area (Å²) in [5.41, 5.74) is 8.07. The third-order valence-electron chi connectivity index (χ3n) is 4.49. The van der Waals surface area contributed by atoms with Crippen molar-refractivity contribution in [3.63, 3.8) is 0 Å². The molecule has 0 N–H and O–H groups in total. The Kier molecular flexibility index (Phi) is 4.79. The molecule has 2 rings (SSSR count). The lowest BCUT2D eigenvalue weighted by molar-refractivity contribution is 0.624. The van der Waals surface area contributed by atoms with E-state index >= 15 is 0 Å². The number of rotatable bonds is 2. The van der Waals surface area contributed by atoms with Gasteiger partial charge in [-0.1, -0.05) is 15.9 Å². The Labute approximate surface area is 139 Å². The molecule has 0 aliphatic rings. The van der Waals surface area contributed by atoms with Gasteiger partial charge < -0.3 is 0 Å². The highest BCUT2D eigenvalue weighted by atomic mass is 79.9.